The van der Waals surface area contributed by atoms with Gasteiger partial charge in [0.2, 0.25) is 0 Å². The van der Waals surface area contributed by atoms with Gasteiger partial charge in [0.05, 0.1) is 14.2 Å². The van der Waals surface area contributed by atoms with Crippen LogP contribution in [0.15, 0.2) is 18.2 Å². The van der Waals surface area contributed by atoms with E-state index < -0.39 is 0 Å². The van der Waals surface area contributed by atoms with Gasteiger partial charge in [0.1, 0.15) is 0 Å². The van der Waals surface area contributed by atoms with Crippen molar-refractivity contribution in [1.82, 2.24) is 0 Å². The van der Waals surface area contributed by atoms with Crippen LogP contribution in [0, 0.1) is 12.3 Å². The largest absolute Gasteiger partial charge is 0.493 e. The average molecular weight is 232 g/mol. The summed E-state index contributed by atoms with van der Waals surface area (Å²) in [4.78, 5) is 0. The molecule has 0 aliphatic rings. The SMILES string of the molecule is C#CCC(CCC)c1ccc(OC)c(OC)c1. The molecular formula is C15H20O2. The summed E-state index contributed by atoms with van der Waals surface area (Å²) in [6.07, 6.45) is 8.41. The molecule has 0 saturated heterocycles. The van der Waals surface area contributed by atoms with Crippen LogP contribution in [0.5, 0.6) is 11.5 Å². The Bertz CT molecular complexity index is 390. The van der Waals surface area contributed by atoms with E-state index in [1.165, 1.54) is 5.56 Å². The van der Waals surface area contributed by atoms with Crippen LogP contribution in [0.25, 0.3) is 0 Å². The third kappa shape index (κ3) is 3.42. The van der Waals surface area contributed by atoms with E-state index in [-0.39, 0.29) is 0 Å². The minimum Gasteiger partial charge on any atom is -0.493 e. The lowest BCUT2D eigenvalue weighted by molar-refractivity contribution is 0.354. The van der Waals surface area contributed by atoms with Gasteiger partial charge < -0.3 is 9.47 Å². The van der Waals surface area contributed by atoms with Gasteiger partial charge in [0.15, 0.2) is 11.5 Å². The van der Waals surface area contributed by atoms with Crippen molar-refractivity contribution < 1.29 is 9.47 Å². The molecule has 1 aromatic rings. The van der Waals surface area contributed by atoms with Gasteiger partial charge in [0.25, 0.3) is 0 Å². The first kappa shape index (κ1) is 13.4. The van der Waals surface area contributed by atoms with Crippen molar-refractivity contribution >= 4 is 0 Å². The lowest BCUT2D eigenvalue weighted by Gasteiger charge is -2.16. The molecule has 0 radical (unpaired) electrons. The quantitative estimate of drug-likeness (QED) is 0.697. The average Bonchev–Trinajstić information content (AvgIpc) is 2.37. The summed E-state index contributed by atoms with van der Waals surface area (Å²) in [5.41, 5.74) is 1.22. The molecule has 17 heavy (non-hydrogen) atoms. The van der Waals surface area contributed by atoms with Gasteiger partial charge in [-0.2, -0.15) is 0 Å². The summed E-state index contributed by atoms with van der Waals surface area (Å²) < 4.78 is 10.5. The van der Waals surface area contributed by atoms with E-state index in [0.29, 0.717) is 5.92 Å². The third-order valence-electron chi connectivity index (χ3n) is 2.88. The zero-order valence-corrected chi connectivity index (χ0v) is 10.8. The highest BCUT2D eigenvalue weighted by molar-refractivity contribution is 5.44. The molecule has 1 unspecified atom stereocenters. The minimum absolute atomic E-state index is 0.407. The van der Waals surface area contributed by atoms with Crippen molar-refractivity contribution in [1.29, 1.82) is 0 Å². The van der Waals surface area contributed by atoms with Crippen LogP contribution in [0.3, 0.4) is 0 Å². The fourth-order valence-electron chi connectivity index (χ4n) is 1.98. The smallest absolute Gasteiger partial charge is 0.160 e. The summed E-state index contributed by atoms with van der Waals surface area (Å²) in [6, 6.07) is 6.03. The Morgan fingerprint density at radius 3 is 2.47 bits per heavy atom. The van der Waals surface area contributed by atoms with E-state index in [1.54, 1.807) is 14.2 Å². The Labute approximate surface area is 104 Å². The normalized spacial score (nSPS) is 11.6. The van der Waals surface area contributed by atoms with Crippen LogP contribution in [-0.4, -0.2) is 14.2 Å². The zero-order valence-electron chi connectivity index (χ0n) is 10.8. The lowest BCUT2D eigenvalue weighted by atomic mass is 9.91. The van der Waals surface area contributed by atoms with Crippen molar-refractivity contribution in [3.05, 3.63) is 23.8 Å². The number of ether oxygens (including phenoxy) is 2. The highest BCUT2D eigenvalue weighted by atomic mass is 16.5. The first-order valence-corrected chi connectivity index (χ1v) is 5.92. The van der Waals surface area contributed by atoms with E-state index in [1.807, 2.05) is 12.1 Å². The lowest BCUT2D eigenvalue weighted by Crippen LogP contribution is -1.99. The van der Waals surface area contributed by atoms with E-state index in [4.69, 9.17) is 15.9 Å². The first-order valence-electron chi connectivity index (χ1n) is 5.92. The molecular weight excluding hydrogens is 212 g/mol. The van der Waals surface area contributed by atoms with E-state index >= 15 is 0 Å². The van der Waals surface area contributed by atoms with Crippen molar-refractivity contribution in [3.63, 3.8) is 0 Å². The molecule has 0 bridgehead atoms. The highest BCUT2D eigenvalue weighted by Crippen LogP contribution is 2.33. The van der Waals surface area contributed by atoms with Gasteiger partial charge in [-0.25, -0.2) is 0 Å². The molecule has 2 heteroatoms. The zero-order chi connectivity index (χ0) is 12.7. The Hall–Kier alpha value is -1.62. The molecule has 1 rings (SSSR count). The summed E-state index contributed by atoms with van der Waals surface area (Å²) in [5, 5.41) is 0. The second-order valence-corrected chi connectivity index (χ2v) is 4.01. The van der Waals surface area contributed by atoms with Crippen LogP contribution >= 0.6 is 0 Å². The maximum atomic E-state index is 5.42. The minimum atomic E-state index is 0.407. The summed E-state index contributed by atoms with van der Waals surface area (Å²) >= 11 is 0. The standard InChI is InChI=1S/C15H20O2/c1-5-7-12(8-6-2)13-9-10-14(16-3)15(11-13)17-4/h1,9-12H,6-8H2,2-4H3. The number of benzene rings is 1. The Kier molecular flexibility index (Phi) is 5.42. The summed E-state index contributed by atoms with van der Waals surface area (Å²) in [5.74, 6) is 4.68. The van der Waals surface area contributed by atoms with Crippen LogP contribution in [0.4, 0.5) is 0 Å². The predicted octanol–water partition coefficient (Wildman–Crippen LogP) is 3.61. The van der Waals surface area contributed by atoms with Gasteiger partial charge in [-0.15, -0.1) is 12.3 Å². The number of hydrogen-bond acceptors (Lipinski definition) is 2. The third-order valence-corrected chi connectivity index (χ3v) is 2.88. The Balaban J connectivity index is 2.99. The Morgan fingerprint density at radius 2 is 1.94 bits per heavy atom. The first-order chi connectivity index (χ1) is 8.26. The van der Waals surface area contributed by atoms with E-state index in [0.717, 1.165) is 30.8 Å². The molecule has 0 aromatic heterocycles. The predicted molar refractivity (Wildman–Crippen MR) is 70.6 cm³/mol. The van der Waals surface area contributed by atoms with Crippen molar-refractivity contribution in [2.75, 3.05) is 14.2 Å². The fraction of sp³-hybridized carbons (Fsp3) is 0.467. The maximum Gasteiger partial charge on any atom is 0.160 e. The number of terminal acetylenes is 1. The molecule has 0 fully saturated rings. The van der Waals surface area contributed by atoms with Gasteiger partial charge in [0, 0.05) is 6.42 Å². The molecule has 0 aliphatic carbocycles. The molecule has 2 nitrogen and oxygen atoms in total. The molecule has 0 amide bonds. The van der Waals surface area contributed by atoms with Gasteiger partial charge in [-0.1, -0.05) is 19.4 Å². The van der Waals surface area contributed by atoms with Gasteiger partial charge in [-0.05, 0) is 30.0 Å². The van der Waals surface area contributed by atoms with Crippen LogP contribution in [0.2, 0.25) is 0 Å². The number of rotatable bonds is 6. The van der Waals surface area contributed by atoms with Crippen LogP contribution in [0.1, 0.15) is 37.7 Å². The summed E-state index contributed by atoms with van der Waals surface area (Å²) in [6.45, 7) is 2.17. The molecule has 0 saturated carbocycles. The van der Waals surface area contributed by atoms with Crippen LogP contribution in [-0.2, 0) is 0 Å². The van der Waals surface area contributed by atoms with E-state index in [2.05, 4.69) is 18.9 Å². The monoisotopic (exact) mass is 232 g/mol. The molecule has 0 aliphatic heterocycles. The second kappa shape index (κ2) is 6.85. The molecule has 0 spiro atoms. The van der Waals surface area contributed by atoms with Crippen molar-refractivity contribution in [2.45, 2.75) is 32.1 Å². The van der Waals surface area contributed by atoms with Crippen molar-refractivity contribution in [2.24, 2.45) is 0 Å². The molecule has 0 N–H and O–H groups in total. The fourth-order valence-corrected chi connectivity index (χ4v) is 1.98. The van der Waals surface area contributed by atoms with Crippen LogP contribution < -0.4 is 9.47 Å². The Morgan fingerprint density at radius 1 is 1.24 bits per heavy atom. The molecule has 1 aromatic carbocycles. The topological polar surface area (TPSA) is 18.5 Å². The van der Waals surface area contributed by atoms with Gasteiger partial charge >= 0.3 is 0 Å². The van der Waals surface area contributed by atoms with Crippen molar-refractivity contribution in [3.8, 4) is 23.8 Å². The second-order valence-electron chi connectivity index (χ2n) is 4.01. The molecule has 1 atom stereocenters. The molecule has 92 valence electrons. The number of hydrogen-bond donors (Lipinski definition) is 0. The molecule has 0 heterocycles. The highest BCUT2D eigenvalue weighted by Gasteiger charge is 2.12. The van der Waals surface area contributed by atoms with E-state index in [9.17, 15) is 0 Å². The summed E-state index contributed by atoms with van der Waals surface area (Å²) in [7, 11) is 3.29. The van der Waals surface area contributed by atoms with Gasteiger partial charge in [-0.3, -0.25) is 0 Å². The maximum absolute atomic E-state index is 5.42. The number of methoxy groups -OCH3 is 2.